The van der Waals surface area contributed by atoms with Crippen LogP contribution in [0, 0.1) is 13.8 Å². The molecular weight excluding hydrogens is 430 g/mol. The first-order valence-electron chi connectivity index (χ1n) is 8.41. The summed E-state index contributed by atoms with van der Waals surface area (Å²) in [6.07, 6.45) is -3.12. The Morgan fingerprint density at radius 1 is 1.07 bits per heavy atom. The lowest BCUT2D eigenvalue weighted by atomic mass is 10.0. The maximum atomic E-state index is 13.2. The van der Waals surface area contributed by atoms with Crippen LogP contribution in [-0.4, -0.2) is 20.7 Å². The van der Waals surface area contributed by atoms with E-state index in [-0.39, 0.29) is 37.6 Å². The standard InChI is InChI=1S/C20H16Cl2F3NO3/c1-9-6-11(20(23,24)25)7-12-10(2)8-26(17(9)12)18(27)15-14(21)5-4-13(16(15)22)19(3,28)29/h4-8,28-29H,1-3H3. The number of alkyl halides is 3. The van der Waals surface area contributed by atoms with Crippen LogP contribution in [0.4, 0.5) is 13.2 Å². The van der Waals surface area contributed by atoms with Crippen LogP contribution in [0.5, 0.6) is 0 Å². The van der Waals surface area contributed by atoms with Gasteiger partial charge in [0.15, 0.2) is 5.79 Å². The minimum absolute atomic E-state index is 0.0305. The van der Waals surface area contributed by atoms with Gasteiger partial charge in [0.1, 0.15) is 0 Å². The van der Waals surface area contributed by atoms with E-state index in [1.54, 1.807) is 6.92 Å². The summed E-state index contributed by atoms with van der Waals surface area (Å²) < 4.78 is 40.7. The van der Waals surface area contributed by atoms with Crippen molar-refractivity contribution >= 4 is 40.0 Å². The number of aryl methyl sites for hydroxylation is 2. The largest absolute Gasteiger partial charge is 0.416 e. The number of halogens is 5. The Hall–Kier alpha value is -2.06. The lowest BCUT2D eigenvalue weighted by molar-refractivity contribution is -0.152. The summed E-state index contributed by atoms with van der Waals surface area (Å²) >= 11 is 12.4. The van der Waals surface area contributed by atoms with E-state index in [1.807, 2.05) is 0 Å². The predicted octanol–water partition coefficient (Wildman–Crippen LogP) is 5.43. The molecule has 3 aromatic rings. The number of hydrogen-bond acceptors (Lipinski definition) is 3. The zero-order chi connectivity index (χ0) is 21.9. The molecule has 3 rings (SSSR count). The maximum Gasteiger partial charge on any atom is 0.416 e. The number of hydrogen-bond donors (Lipinski definition) is 2. The smallest absolute Gasteiger partial charge is 0.362 e. The number of carbonyl (C=O) groups excluding carboxylic acids is 1. The molecule has 154 valence electrons. The molecule has 0 atom stereocenters. The van der Waals surface area contributed by atoms with E-state index in [9.17, 15) is 28.2 Å². The minimum Gasteiger partial charge on any atom is -0.362 e. The van der Waals surface area contributed by atoms with Gasteiger partial charge in [-0.25, -0.2) is 0 Å². The summed E-state index contributed by atoms with van der Waals surface area (Å²) in [6, 6.07) is 4.53. The Morgan fingerprint density at radius 2 is 1.69 bits per heavy atom. The number of fused-ring (bicyclic) bond motifs is 1. The molecule has 0 aliphatic rings. The molecule has 0 radical (unpaired) electrons. The molecule has 0 bridgehead atoms. The third kappa shape index (κ3) is 3.75. The van der Waals surface area contributed by atoms with Crippen LogP contribution < -0.4 is 0 Å². The van der Waals surface area contributed by atoms with Crippen molar-refractivity contribution in [3.05, 3.63) is 68.3 Å². The molecule has 0 aliphatic heterocycles. The summed E-state index contributed by atoms with van der Waals surface area (Å²) in [5, 5.41) is 19.7. The Morgan fingerprint density at radius 3 is 2.24 bits per heavy atom. The summed E-state index contributed by atoms with van der Waals surface area (Å²) in [5.74, 6) is -3.02. The molecule has 2 aromatic carbocycles. The molecule has 4 nitrogen and oxygen atoms in total. The van der Waals surface area contributed by atoms with Crippen molar-refractivity contribution < 1.29 is 28.2 Å². The highest BCUT2D eigenvalue weighted by molar-refractivity contribution is 6.40. The fourth-order valence-electron chi connectivity index (χ4n) is 3.29. The fraction of sp³-hybridized carbons (Fsp3) is 0.250. The summed E-state index contributed by atoms with van der Waals surface area (Å²) in [7, 11) is 0. The van der Waals surface area contributed by atoms with Gasteiger partial charge in [-0.05, 0) is 50.1 Å². The van der Waals surface area contributed by atoms with Crippen molar-refractivity contribution in [2.45, 2.75) is 32.7 Å². The SMILES string of the molecule is Cc1cn(C(=O)c2c(Cl)ccc(C(C)(O)O)c2Cl)c2c(C)cc(C(F)(F)F)cc12. The number of aromatic nitrogens is 1. The van der Waals surface area contributed by atoms with Crippen molar-refractivity contribution in [2.75, 3.05) is 0 Å². The molecule has 0 saturated carbocycles. The number of aliphatic hydroxyl groups is 2. The van der Waals surface area contributed by atoms with E-state index in [4.69, 9.17) is 23.2 Å². The van der Waals surface area contributed by atoms with Gasteiger partial charge in [-0.3, -0.25) is 9.36 Å². The van der Waals surface area contributed by atoms with Crippen LogP contribution in [0.25, 0.3) is 10.9 Å². The zero-order valence-corrected chi connectivity index (χ0v) is 17.0. The van der Waals surface area contributed by atoms with Gasteiger partial charge >= 0.3 is 6.18 Å². The van der Waals surface area contributed by atoms with E-state index >= 15 is 0 Å². The summed E-state index contributed by atoms with van der Waals surface area (Å²) in [4.78, 5) is 13.2. The van der Waals surface area contributed by atoms with Crippen molar-refractivity contribution in [1.82, 2.24) is 4.57 Å². The first kappa shape index (κ1) is 21.6. The van der Waals surface area contributed by atoms with E-state index in [0.29, 0.717) is 5.56 Å². The van der Waals surface area contributed by atoms with Crippen LogP contribution >= 0.6 is 23.2 Å². The lowest BCUT2D eigenvalue weighted by Gasteiger charge is -2.20. The first-order valence-corrected chi connectivity index (χ1v) is 9.16. The topological polar surface area (TPSA) is 62.5 Å². The number of benzene rings is 2. The van der Waals surface area contributed by atoms with E-state index in [2.05, 4.69) is 0 Å². The number of rotatable bonds is 2. The van der Waals surface area contributed by atoms with Gasteiger partial charge in [0.2, 0.25) is 0 Å². The van der Waals surface area contributed by atoms with Gasteiger partial charge < -0.3 is 10.2 Å². The molecule has 0 fully saturated rings. The summed E-state index contributed by atoms with van der Waals surface area (Å²) in [5.41, 5.74) is -0.138. The highest BCUT2D eigenvalue weighted by atomic mass is 35.5. The summed E-state index contributed by atoms with van der Waals surface area (Å²) in [6.45, 7) is 4.14. The molecule has 0 amide bonds. The van der Waals surface area contributed by atoms with Crippen LogP contribution in [0.15, 0.2) is 30.5 Å². The third-order valence-electron chi connectivity index (χ3n) is 4.65. The maximum absolute atomic E-state index is 13.2. The second-order valence-corrected chi connectivity index (χ2v) is 7.76. The van der Waals surface area contributed by atoms with Gasteiger partial charge in [0.25, 0.3) is 5.91 Å². The molecule has 0 aliphatic carbocycles. The average molecular weight is 446 g/mol. The second-order valence-electron chi connectivity index (χ2n) is 6.98. The van der Waals surface area contributed by atoms with Crippen LogP contribution in [0.2, 0.25) is 10.0 Å². The Bertz CT molecular complexity index is 1140. The average Bonchev–Trinajstić information content (AvgIpc) is 2.90. The second kappa shape index (κ2) is 7.02. The van der Waals surface area contributed by atoms with E-state index < -0.39 is 23.4 Å². The van der Waals surface area contributed by atoms with Gasteiger partial charge in [-0.1, -0.05) is 29.3 Å². The first-order chi connectivity index (χ1) is 13.2. The highest BCUT2D eigenvalue weighted by Gasteiger charge is 2.33. The third-order valence-corrected chi connectivity index (χ3v) is 5.36. The van der Waals surface area contributed by atoms with Crippen LogP contribution in [0.1, 0.15) is 39.5 Å². The number of nitrogens with zero attached hydrogens (tertiary/aromatic N) is 1. The lowest BCUT2D eigenvalue weighted by Crippen LogP contribution is -2.22. The fourth-order valence-corrected chi connectivity index (χ4v) is 4.00. The molecule has 0 spiro atoms. The van der Waals surface area contributed by atoms with Crippen molar-refractivity contribution in [3.63, 3.8) is 0 Å². The van der Waals surface area contributed by atoms with Crippen molar-refractivity contribution in [1.29, 1.82) is 0 Å². The number of carbonyl (C=O) groups is 1. The molecular formula is C20H16Cl2F3NO3. The molecule has 1 aromatic heterocycles. The molecule has 9 heteroatoms. The van der Waals surface area contributed by atoms with E-state index in [0.717, 1.165) is 19.1 Å². The zero-order valence-electron chi connectivity index (χ0n) is 15.5. The van der Waals surface area contributed by atoms with Crippen LogP contribution in [-0.2, 0) is 12.0 Å². The van der Waals surface area contributed by atoms with Crippen molar-refractivity contribution in [2.24, 2.45) is 0 Å². The van der Waals surface area contributed by atoms with Crippen LogP contribution in [0.3, 0.4) is 0 Å². The highest BCUT2D eigenvalue weighted by Crippen LogP contribution is 2.37. The van der Waals surface area contributed by atoms with Gasteiger partial charge in [-0.15, -0.1) is 0 Å². The molecule has 1 heterocycles. The van der Waals surface area contributed by atoms with Gasteiger partial charge in [0, 0.05) is 17.1 Å². The Balaban J connectivity index is 2.27. The molecule has 29 heavy (non-hydrogen) atoms. The minimum atomic E-state index is -4.52. The van der Waals surface area contributed by atoms with Crippen molar-refractivity contribution in [3.8, 4) is 0 Å². The molecule has 2 N–H and O–H groups in total. The van der Waals surface area contributed by atoms with Gasteiger partial charge in [0.05, 0.1) is 26.7 Å². The predicted molar refractivity (Wildman–Crippen MR) is 104 cm³/mol. The van der Waals surface area contributed by atoms with E-state index in [1.165, 1.54) is 29.8 Å². The normalized spacial score (nSPS) is 12.6. The quantitative estimate of drug-likeness (QED) is 0.517. The molecule has 0 saturated heterocycles. The molecule has 0 unspecified atom stereocenters. The Kier molecular flexibility index (Phi) is 5.24. The Labute approximate surface area is 174 Å². The van der Waals surface area contributed by atoms with Gasteiger partial charge in [-0.2, -0.15) is 13.2 Å². The monoisotopic (exact) mass is 445 g/mol.